The number of likely N-dealkylation sites (tertiary alicyclic amines) is 1. The molecule has 4 bridgehead atoms. The van der Waals surface area contributed by atoms with Crippen LogP contribution in [0.3, 0.4) is 0 Å². The topological polar surface area (TPSA) is 81.7 Å². The summed E-state index contributed by atoms with van der Waals surface area (Å²) in [5.41, 5.74) is 2.67. The molecule has 1 aromatic heterocycles. The molecule has 34 heavy (non-hydrogen) atoms. The molecule has 2 N–H and O–H groups in total. The van der Waals surface area contributed by atoms with E-state index in [1.165, 1.54) is 30.5 Å². The van der Waals surface area contributed by atoms with Crippen LogP contribution >= 0.6 is 0 Å². The van der Waals surface area contributed by atoms with Gasteiger partial charge in [-0.2, -0.15) is 0 Å². The number of aromatic amines is 1. The molecule has 7 nitrogen and oxygen atoms in total. The zero-order chi connectivity index (χ0) is 22.7. The molecule has 2 aromatic rings. The number of amides is 1. The smallest absolute Gasteiger partial charge is 0.230 e. The molecule has 9 rings (SSSR count). The molecule has 0 unspecified atom stereocenters. The number of phenols is 1. The van der Waals surface area contributed by atoms with Crippen LogP contribution in [0.2, 0.25) is 0 Å². The van der Waals surface area contributed by atoms with Crippen LogP contribution in [0, 0.1) is 11.3 Å². The van der Waals surface area contributed by atoms with Crippen molar-refractivity contribution < 1.29 is 14.6 Å². The average Bonchev–Trinajstić information content (AvgIpc) is 3.46. The van der Waals surface area contributed by atoms with Gasteiger partial charge in [-0.1, -0.05) is 6.07 Å². The Morgan fingerprint density at radius 1 is 1.21 bits per heavy atom. The molecule has 3 saturated heterocycles. The number of aromatic nitrogens is 2. The molecule has 2 spiro atoms. The van der Waals surface area contributed by atoms with Gasteiger partial charge in [0.2, 0.25) is 5.91 Å². The molecule has 5 heterocycles. The zero-order valence-corrected chi connectivity index (χ0v) is 19.5. The Hall–Kier alpha value is -2.54. The van der Waals surface area contributed by atoms with Gasteiger partial charge in [-0.05, 0) is 69.0 Å². The molecule has 7 heteroatoms. The first kappa shape index (κ1) is 19.7. The van der Waals surface area contributed by atoms with E-state index in [1.54, 1.807) is 12.4 Å². The summed E-state index contributed by atoms with van der Waals surface area (Å²) in [5.74, 6) is 2.71. The van der Waals surface area contributed by atoms with Gasteiger partial charge in [-0.3, -0.25) is 9.69 Å². The van der Waals surface area contributed by atoms with Gasteiger partial charge in [0, 0.05) is 47.9 Å². The summed E-state index contributed by atoms with van der Waals surface area (Å²) < 4.78 is 6.78. The van der Waals surface area contributed by atoms with Gasteiger partial charge >= 0.3 is 0 Å². The number of ether oxygens (including phenoxy) is 1. The van der Waals surface area contributed by atoms with Crippen LogP contribution in [0.1, 0.15) is 55.5 Å². The van der Waals surface area contributed by atoms with Gasteiger partial charge < -0.3 is 19.7 Å². The van der Waals surface area contributed by atoms with Gasteiger partial charge in [0.1, 0.15) is 11.9 Å². The van der Waals surface area contributed by atoms with Gasteiger partial charge in [0.05, 0.1) is 12.5 Å². The summed E-state index contributed by atoms with van der Waals surface area (Å²) >= 11 is 0. The lowest BCUT2D eigenvalue weighted by Crippen LogP contribution is -2.72. The highest BCUT2D eigenvalue weighted by Crippen LogP contribution is 2.71. The van der Waals surface area contributed by atoms with Gasteiger partial charge in [-0.15, -0.1) is 0 Å². The maximum absolute atomic E-state index is 13.6. The van der Waals surface area contributed by atoms with Crippen LogP contribution in [-0.2, 0) is 23.1 Å². The lowest BCUT2D eigenvalue weighted by molar-refractivity contribution is -0.143. The molecule has 7 aliphatic rings. The fourth-order valence-corrected chi connectivity index (χ4v) is 8.94. The number of fused-ring (bicyclic) bond motifs is 3. The minimum Gasteiger partial charge on any atom is -0.504 e. The first-order valence-electron chi connectivity index (χ1n) is 13.1. The number of H-pyrrole nitrogens is 1. The molecule has 5 fully saturated rings. The highest BCUT2D eigenvalue weighted by atomic mass is 16.5. The second-order valence-corrected chi connectivity index (χ2v) is 11.7. The Bertz CT molecular complexity index is 1180. The monoisotopic (exact) mass is 460 g/mol. The third-order valence-electron chi connectivity index (χ3n) is 10.4. The van der Waals surface area contributed by atoms with E-state index < -0.39 is 0 Å². The van der Waals surface area contributed by atoms with Crippen molar-refractivity contribution in [2.24, 2.45) is 11.3 Å². The first-order valence-corrected chi connectivity index (χ1v) is 13.1. The van der Waals surface area contributed by atoms with E-state index in [4.69, 9.17) is 4.74 Å². The fourth-order valence-electron chi connectivity index (χ4n) is 8.94. The first-order chi connectivity index (χ1) is 16.6. The van der Waals surface area contributed by atoms with Crippen molar-refractivity contribution in [1.29, 1.82) is 0 Å². The highest BCUT2D eigenvalue weighted by Gasteiger charge is 2.74. The third kappa shape index (κ3) is 2.32. The van der Waals surface area contributed by atoms with E-state index in [-0.39, 0.29) is 34.6 Å². The summed E-state index contributed by atoms with van der Waals surface area (Å²) in [4.78, 5) is 25.9. The number of benzene rings is 1. The number of piperidine rings is 1. The summed E-state index contributed by atoms with van der Waals surface area (Å²) in [6, 6.07) is 4.53. The van der Waals surface area contributed by atoms with E-state index in [2.05, 4.69) is 25.8 Å². The minimum atomic E-state index is -0.0952. The number of carbonyl (C=O) groups is 1. The predicted octanol–water partition coefficient (Wildman–Crippen LogP) is 2.78. The second kappa shape index (κ2) is 6.56. The maximum atomic E-state index is 13.6. The van der Waals surface area contributed by atoms with E-state index in [0.717, 1.165) is 56.9 Å². The van der Waals surface area contributed by atoms with Crippen LogP contribution in [-0.4, -0.2) is 68.6 Å². The molecule has 5 atom stereocenters. The minimum absolute atomic E-state index is 0.0477. The Kier molecular flexibility index (Phi) is 3.81. The number of imidazole rings is 1. The molecule has 1 aromatic carbocycles. The number of hydrogen-bond donors (Lipinski definition) is 2. The summed E-state index contributed by atoms with van der Waals surface area (Å²) in [6.07, 6.45) is 11.7. The molecular formula is C27H32N4O3. The van der Waals surface area contributed by atoms with Crippen molar-refractivity contribution in [1.82, 2.24) is 19.8 Å². The van der Waals surface area contributed by atoms with Crippen molar-refractivity contribution in [3.8, 4) is 11.5 Å². The number of nitrogens with one attached hydrogen (secondary N) is 1. The predicted molar refractivity (Wildman–Crippen MR) is 125 cm³/mol. The summed E-state index contributed by atoms with van der Waals surface area (Å²) in [5, 5.41) is 10.9. The number of phenolic OH excluding ortho intramolecular Hbond substituents is 1. The summed E-state index contributed by atoms with van der Waals surface area (Å²) in [6.45, 7) is 3.12. The van der Waals surface area contributed by atoms with E-state index in [9.17, 15) is 9.90 Å². The number of aromatic hydroxyl groups is 1. The Morgan fingerprint density at radius 3 is 2.94 bits per heavy atom. The molecule has 1 amide bonds. The van der Waals surface area contributed by atoms with Crippen LogP contribution in [0.5, 0.6) is 11.5 Å². The number of hydrogen-bond acceptors (Lipinski definition) is 5. The fraction of sp³-hybridized carbons (Fsp3) is 0.630. The maximum Gasteiger partial charge on any atom is 0.230 e. The number of carbonyl (C=O) groups excluding carboxylic acids is 1. The normalized spacial score (nSPS) is 37.3. The zero-order valence-electron chi connectivity index (χ0n) is 19.5. The molecular weight excluding hydrogens is 428 g/mol. The van der Waals surface area contributed by atoms with Gasteiger partial charge in [0.15, 0.2) is 11.5 Å². The van der Waals surface area contributed by atoms with E-state index in [0.29, 0.717) is 18.2 Å². The van der Waals surface area contributed by atoms with Crippen molar-refractivity contribution in [2.75, 3.05) is 19.6 Å². The van der Waals surface area contributed by atoms with Crippen molar-refractivity contribution in [3.05, 3.63) is 41.5 Å². The largest absolute Gasteiger partial charge is 0.504 e. The highest BCUT2D eigenvalue weighted by molar-refractivity contribution is 5.79. The van der Waals surface area contributed by atoms with Crippen LogP contribution < -0.4 is 4.74 Å². The molecule has 2 saturated carbocycles. The standard InChI is InChI=1S/C27H32N4O3/c32-19-4-3-17-13-20-26-6-5-18(31(12-7-26)22(33)14-21-28-9-10-29-21)25-27(26,23(17)24(19)34-25)8-11-30(20)15-16-1-2-16/h3-4,9-10,16,18,20,25,32H,1-2,5-8,11-15H2,(H,28,29)/t18-,20-,25+,26-,27+/m1/s1. The van der Waals surface area contributed by atoms with Crippen molar-refractivity contribution >= 4 is 5.91 Å². The van der Waals surface area contributed by atoms with Crippen LogP contribution in [0.15, 0.2) is 24.5 Å². The SMILES string of the molecule is O=C(Cc1ncc[nH]1)N1CC[C@@]23CC[C@@H]1[C@@H]1Oc4c(O)ccc5c4[C@@]12CCN(CC1CC1)[C@@H]3C5. The molecule has 0 radical (unpaired) electrons. The average molecular weight is 461 g/mol. The number of rotatable bonds is 4. The van der Waals surface area contributed by atoms with Crippen LogP contribution in [0.4, 0.5) is 0 Å². The summed E-state index contributed by atoms with van der Waals surface area (Å²) in [7, 11) is 0. The van der Waals surface area contributed by atoms with Crippen molar-refractivity contribution in [2.45, 2.75) is 75.0 Å². The molecule has 3 aliphatic carbocycles. The molecule has 4 aliphatic heterocycles. The number of nitrogens with zero attached hydrogens (tertiary/aromatic N) is 3. The van der Waals surface area contributed by atoms with Crippen LogP contribution in [0.25, 0.3) is 0 Å². The Balaban J connectivity index is 1.26. The van der Waals surface area contributed by atoms with E-state index in [1.807, 2.05) is 6.07 Å². The van der Waals surface area contributed by atoms with Gasteiger partial charge in [0.25, 0.3) is 0 Å². The van der Waals surface area contributed by atoms with Crippen molar-refractivity contribution in [3.63, 3.8) is 0 Å². The third-order valence-corrected chi connectivity index (χ3v) is 10.4. The quantitative estimate of drug-likeness (QED) is 0.733. The lowest BCUT2D eigenvalue weighted by atomic mass is 9.42. The lowest BCUT2D eigenvalue weighted by Gasteiger charge is -2.66. The Labute approximate surface area is 199 Å². The Morgan fingerprint density at radius 2 is 2.12 bits per heavy atom. The van der Waals surface area contributed by atoms with E-state index >= 15 is 0 Å². The second-order valence-electron chi connectivity index (χ2n) is 11.7. The molecule has 178 valence electrons. The van der Waals surface area contributed by atoms with Gasteiger partial charge in [-0.25, -0.2) is 4.98 Å².